The molecule has 0 aliphatic carbocycles. The first-order valence-electron chi connectivity index (χ1n) is 9.39. The zero-order valence-electron chi connectivity index (χ0n) is 16.4. The lowest BCUT2D eigenvalue weighted by Crippen LogP contribution is -2.19. The van der Waals surface area contributed by atoms with Crippen molar-refractivity contribution < 1.29 is 4.39 Å². The van der Waals surface area contributed by atoms with Crippen molar-refractivity contribution in [3.63, 3.8) is 0 Å². The van der Waals surface area contributed by atoms with Crippen LogP contribution in [0.25, 0.3) is 0 Å². The van der Waals surface area contributed by atoms with Gasteiger partial charge in [0.25, 0.3) is 0 Å². The van der Waals surface area contributed by atoms with Crippen LogP contribution in [0.4, 0.5) is 15.9 Å². The summed E-state index contributed by atoms with van der Waals surface area (Å²) in [6, 6.07) is 12.2. The van der Waals surface area contributed by atoms with Crippen molar-refractivity contribution in [1.82, 2.24) is 19.6 Å². The second-order valence-electron chi connectivity index (χ2n) is 6.82. The number of anilines is 2. The molecule has 0 radical (unpaired) electrons. The van der Waals surface area contributed by atoms with Crippen LogP contribution in [0.1, 0.15) is 11.1 Å². The summed E-state index contributed by atoms with van der Waals surface area (Å²) in [4.78, 5) is 0. The molecule has 0 saturated carbocycles. The summed E-state index contributed by atoms with van der Waals surface area (Å²) in [6.45, 7) is 0.719. The summed E-state index contributed by atoms with van der Waals surface area (Å²) in [5.74, 6) is 0.100. The molecule has 0 atom stereocenters. The van der Waals surface area contributed by atoms with Crippen LogP contribution < -0.4 is 10.6 Å². The molecule has 2 heterocycles. The van der Waals surface area contributed by atoms with Crippen LogP contribution in [0.3, 0.4) is 0 Å². The highest BCUT2D eigenvalue weighted by Crippen LogP contribution is 2.24. The van der Waals surface area contributed by atoms with Gasteiger partial charge in [0, 0.05) is 28.0 Å². The van der Waals surface area contributed by atoms with E-state index in [0.29, 0.717) is 43.2 Å². The van der Waals surface area contributed by atoms with Gasteiger partial charge in [0.2, 0.25) is 0 Å². The van der Waals surface area contributed by atoms with E-state index in [1.807, 2.05) is 30.5 Å². The minimum Gasteiger partial charge on any atom is -0.330 e. The fraction of sp³-hybridized carbons (Fsp3) is 0.0952. The van der Waals surface area contributed by atoms with Crippen molar-refractivity contribution in [1.29, 1.82) is 0 Å². The molecule has 0 bridgehead atoms. The molecule has 4 aromatic rings. The molecule has 6 nitrogen and oxygen atoms in total. The number of thiocarbonyl (C=S) groups is 1. The summed E-state index contributed by atoms with van der Waals surface area (Å²) >= 11 is 21.1. The summed E-state index contributed by atoms with van der Waals surface area (Å²) in [5.41, 5.74) is 2.04. The van der Waals surface area contributed by atoms with E-state index < -0.39 is 0 Å². The molecule has 0 saturated heterocycles. The average Bonchev–Trinajstić information content (AvgIpc) is 3.32. The molecule has 32 heavy (non-hydrogen) atoms. The average molecular weight is 554 g/mol. The van der Waals surface area contributed by atoms with E-state index >= 15 is 0 Å². The van der Waals surface area contributed by atoms with Crippen LogP contribution in [0, 0.1) is 5.82 Å². The predicted octanol–water partition coefficient (Wildman–Crippen LogP) is 6.19. The number of halogens is 4. The molecular weight excluding hydrogens is 538 g/mol. The maximum atomic E-state index is 14.1. The molecule has 4 rings (SSSR count). The highest BCUT2D eigenvalue weighted by atomic mass is 79.9. The number of hydrogen-bond acceptors (Lipinski definition) is 3. The van der Waals surface area contributed by atoms with Crippen LogP contribution >= 0.6 is 51.3 Å². The van der Waals surface area contributed by atoms with Crippen LogP contribution in [0.5, 0.6) is 0 Å². The Bertz CT molecular complexity index is 1250. The molecule has 0 aliphatic rings. The minimum atomic E-state index is -0.385. The molecule has 2 N–H and O–H groups in total. The van der Waals surface area contributed by atoms with Gasteiger partial charge in [-0.2, -0.15) is 10.2 Å². The monoisotopic (exact) mass is 552 g/mol. The number of hydrogen-bond donors (Lipinski definition) is 2. The van der Waals surface area contributed by atoms with Crippen LogP contribution in [-0.2, 0) is 13.1 Å². The van der Waals surface area contributed by atoms with E-state index in [1.54, 1.807) is 33.9 Å². The van der Waals surface area contributed by atoms with Crippen molar-refractivity contribution >= 4 is 68.0 Å². The Balaban J connectivity index is 1.39. The first-order valence-corrected chi connectivity index (χ1v) is 11.3. The maximum absolute atomic E-state index is 14.1. The van der Waals surface area contributed by atoms with Gasteiger partial charge < -0.3 is 10.6 Å². The van der Waals surface area contributed by atoms with Crippen molar-refractivity contribution in [2.45, 2.75) is 13.1 Å². The maximum Gasteiger partial charge on any atom is 0.176 e. The molecule has 164 valence electrons. The van der Waals surface area contributed by atoms with Gasteiger partial charge in [-0.3, -0.25) is 9.36 Å². The van der Waals surface area contributed by atoms with E-state index in [4.69, 9.17) is 35.4 Å². The van der Waals surface area contributed by atoms with E-state index in [-0.39, 0.29) is 12.4 Å². The van der Waals surface area contributed by atoms with Crippen molar-refractivity contribution in [2.75, 3.05) is 10.6 Å². The van der Waals surface area contributed by atoms with Crippen LogP contribution in [0.2, 0.25) is 10.0 Å². The van der Waals surface area contributed by atoms with E-state index in [0.717, 1.165) is 5.56 Å². The van der Waals surface area contributed by atoms with Crippen LogP contribution in [0.15, 0.2) is 65.5 Å². The third-order valence-electron chi connectivity index (χ3n) is 4.51. The summed E-state index contributed by atoms with van der Waals surface area (Å²) in [7, 11) is 0. The second-order valence-corrected chi connectivity index (χ2v) is 8.90. The Morgan fingerprint density at radius 3 is 2.56 bits per heavy atom. The molecule has 0 spiro atoms. The predicted molar refractivity (Wildman–Crippen MR) is 133 cm³/mol. The van der Waals surface area contributed by atoms with Gasteiger partial charge in [-0.1, -0.05) is 47.5 Å². The second kappa shape index (κ2) is 9.99. The molecule has 0 aliphatic heterocycles. The van der Waals surface area contributed by atoms with Gasteiger partial charge in [0.15, 0.2) is 10.9 Å². The van der Waals surface area contributed by atoms with Gasteiger partial charge in [0.05, 0.1) is 29.4 Å². The van der Waals surface area contributed by atoms with Crippen LogP contribution in [-0.4, -0.2) is 24.7 Å². The number of rotatable bonds is 6. The van der Waals surface area contributed by atoms with E-state index in [1.165, 1.54) is 6.07 Å². The van der Waals surface area contributed by atoms with Gasteiger partial charge in [-0.15, -0.1) is 0 Å². The summed E-state index contributed by atoms with van der Waals surface area (Å²) < 4.78 is 18.1. The first-order chi connectivity index (χ1) is 15.4. The lowest BCUT2D eigenvalue weighted by molar-refractivity contribution is 0.586. The number of nitrogens with zero attached hydrogens (tertiary/aromatic N) is 4. The normalized spacial score (nSPS) is 10.9. The molecule has 0 amide bonds. The first kappa shape index (κ1) is 22.7. The van der Waals surface area contributed by atoms with Crippen molar-refractivity contribution in [2.24, 2.45) is 0 Å². The van der Waals surface area contributed by atoms with Gasteiger partial charge >= 0.3 is 0 Å². The zero-order valence-corrected chi connectivity index (χ0v) is 20.3. The Hall–Kier alpha value is -2.46. The van der Waals surface area contributed by atoms with E-state index in [2.05, 4.69) is 36.8 Å². The Labute approximate surface area is 207 Å². The molecule has 2 aromatic carbocycles. The Morgan fingerprint density at radius 1 is 1.00 bits per heavy atom. The molecular formula is C21H16BrCl2FN6S. The summed E-state index contributed by atoms with van der Waals surface area (Å²) in [5, 5.41) is 16.2. The standard InChI is InChI=1S/C21H16BrCl2FN6S/c22-16-12-31(11-15-18(24)6-3-7-19(15)25)29-20(16)28-21(32)27-14-8-26-30(10-14)9-13-4-1-2-5-17(13)23/h1-8,10,12H,9,11H2,(H2,27,28,29,32). The lowest BCUT2D eigenvalue weighted by Gasteiger charge is -2.08. The number of nitrogens with one attached hydrogen (secondary N) is 2. The zero-order chi connectivity index (χ0) is 22.7. The quantitative estimate of drug-likeness (QED) is 0.279. The third kappa shape index (κ3) is 5.47. The molecule has 0 unspecified atom stereocenters. The van der Waals surface area contributed by atoms with E-state index in [9.17, 15) is 4.39 Å². The van der Waals surface area contributed by atoms with Crippen molar-refractivity contribution in [3.8, 4) is 0 Å². The smallest absolute Gasteiger partial charge is 0.176 e. The highest BCUT2D eigenvalue weighted by molar-refractivity contribution is 9.10. The molecule has 0 fully saturated rings. The fourth-order valence-corrected chi connectivity index (χ4v) is 4.04. The molecule has 11 heteroatoms. The van der Waals surface area contributed by atoms with Gasteiger partial charge in [0.1, 0.15) is 5.82 Å². The largest absolute Gasteiger partial charge is 0.330 e. The Morgan fingerprint density at radius 2 is 1.78 bits per heavy atom. The lowest BCUT2D eigenvalue weighted by atomic mass is 10.2. The number of aromatic nitrogens is 4. The SMILES string of the molecule is Fc1cccc(Cl)c1Cn1cc(Br)c(NC(=S)Nc2cnn(Cc3ccccc3Cl)c2)n1. The minimum absolute atomic E-state index is 0.181. The molecule has 2 aromatic heterocycles. The highest BCUT2D eigenvalue weighted by Gasteiger charge is 2.13. The van der Waals surface area contributed by atoms with Gasteiger partial charge in [-0.05, 0) is 51.9 Å². The topological polar surface area (TPSA) is 59.7 Å². The summed E-state index contributed by atoms with van der Waals surface area (Å²) in [6.07, 6.45) is 5.21. The van der Waals surface area contributed by atoms with Gasteiger partial charge in [-0.25, -0.2) is 4.39 Å². The third-order valence-corrected chi connectivity index (χ3v) is 6.02. The number of benzene rings is 2. The fourth-order valence-electron chi connectivity index (χ4n) is 2.99. The van der Waals surface area contributed by atoms with Crippen molar-refractivity contribution in [3.05, 3.63) is 92.5 Å². The Kier molecular flexibility index (Phi) is 7.10.